The van der Waals surface area contributed by atoms with Gasteiger partial charge in [-0.2, -0.15) is 0 Å². The first-order chi connectivity index (χ1) is 9.02. The number of benzene rings is 1. The molecule has 102 valence electrons. The van der Waals surface area contributed by atoms with Crippen molar-refractivity contribution in [2.45, 2.75) is 6.10 Å². The number of fused-ring (bicyclic) bond motifs is 1. The molecule has 0 aliphatic carbocycles. The number of hydrogen-bond acceptors (Lipinski definition) is 3. The van der Waals surface area contributed by atoms with Crippen LogP contribution >= 0.6 is 31.9 Å². The van der Waals surface area contributed by atoms with Gasteiger partial charge in [-0.05, 0) is 44.0 Å². The van der Waals surface area contributed by atoms with Crippen LogP contribution in [0.15, 0.2) is 27.3 Å². The van der Waals surface area contributed by atoms with E-state index in [-0.39, 0.29) is 19.1 Å². The van der Waals surface area contributed by atoms with Gasteiger partial charge in [0.2, 0.25) is 0 Å². The molecule has 0 saturated carbocycles. The minimum absolute atomic E-state index is 0.0136. The molecule has 5 nitrogen and oxygen atoms in total. The number of amides is 1. The van der Waals surface area contributed by atoms with Crippen molar-refractivity contribution in [3.05, 3.63) is 32.8 Å². The van der Waals surface area contributed by atoms with Crippen molar-refractivity contribution in [3.63, 3.8) is 0 Å². The normalized spacial score (nSPS) is 12.6. The molecule has 0 bridgehead atoms. The van der Waals surface area contributed by atoms with E-state index in [1.807, 2.05) is 12.1 Å². The Labute approximate surface area is 126 Å². The fourth-order valence-corrected chi connectivity index (χ4v) is 2.36. The van der Waals surface area contributed by atoms with Crippen molar-refractivity contribution in [1.82, 2.24) is 10.3 Å². The van der Waals surface area contributed by atoms with Crippen molar-refractivity contribution in [1.29, 1.82) is 0 Å². The predicted molar refractivity (Wildman–Crippen MR) is 79.1 cm³/mol. The Bertz CT molecular complexity index is 612. The van der Waals surface area contributed by atoms with Crippen LogP contribution in [0.3, 0.4) is 0 Å². The molecule has 2 rings (SSSR count). The van der Waals surface area contributed by atoms with Crippen molar-refractivity contribution < 1.29 is 15.0 Å². The average Bonchev–Trinajstić information content (AvgIpc) is 2.79. The summed E-state index contributed by atoms with van der Waals surface area (Å²) < 4.78 is 1.74. The number of aliphatic hydroxyl groups excluding tert-OH is 2. The van der Waals surface area contributed by atoms with E-state index in [1.165, 1.54) is 0 Å². The summed E-state index contributed by atoms with van der Waals surface area (Å²) in [7, 11) is 0. The summed E-state index contributed by atoms with van der Waals surface area (Å²) in [6, 6.07) is 3.71. The number of rotatable bonds is 4. The van der Waals surface area contributed by atoms with Crippen LogP contribution in [0.2, 0.25) is 0 Å². The lowest BCUT2D eigenvalue weighted by atomic mass is 10.1. The molecule has 1 amide bonds. The highest BCUT2D eigenvalue weighted by Crippen LogP contribution is 2.29. The monoisotopic (exact) mass is 390 g/mol. The topological polar surface area (TPSA) is 85.3 Å². The first-order valence-corrected chi connectivity index (χ1v) is 7.14. The van der Waals surface area contributed by atoms with Crippen LogP contribution in [0.4, 0.5) is 0 Å². The molecule has 0 radical (unpaired) electrons. The third kappa shape index (κ3) is 3.17. The maximum absolute atomic E-state index is 12.0. The van der Waals surface area contributed by atoms with E-state index in [0.717, 1.165) is 19.8 Å². The average molecular weight is 392 g/mol. The Kier molecular flexibility index (Phi) is 4.62. The number of H-pyrrole nitrogens is 1. The molecular weight excluding hydrogens is 380 g/mol. The number of aromatic amines is 1. The predicted octanol–water partition coefficient (Wildman–Crippen LogP) is 1.78. The highest BCUT2D eigenvalue weighted by atomic mass is 79.9. The van der Waals surface area contributed by atoms with Crippen LogP contribution in [-0.2, 0) is 0 Å². The second kappa shape index (κ2) is 6.04. The Balaban J connectivity index is 2.25. The summed E-state index contributed by atoms with van der Waals surface area (Å²) in [5.74, 6) is -0.298. The molecule has 0 aliphatic rings. The first kappa shape index (κ1) is 14.5. The van der Waals surface area contributed by atoms with Gasteiger partial charge in [-0.1, -0.05) is 0 Å². The number of carbonyl (C=O) groups is 1. The zero-order valence-electron chi connectivity index (χ0n) is 9.78. The van der Waals surface area contributed by atoms with E-state index in [0.29, 0.717) is 5.56 Å². The summed E-state index contributed by atoms with van der Waals surface area (Å²) in [4.78, 5) is 15.0. The number of aromatic nitrogens is 1. The summed E-state index contributed by atoms with van der Waals surface area (Å²) in [6.45, 7) is -0.369. The molecule has 7 heteroatoms. The molecule has 2 aromatic rings. The Morgan fingerprint density at radius 2 is 2.05 bits per heavy atom. The fourth-order valence-electron chi connectivity index (χ4n) is 1.67. The summed E-state index contributed by atoms with van der Waals surface area (Å²) >= 11 is 6.79. The van der Waals surface area contributed by atoms with Crippen LogP contribution < -0.4 is 5.32 Å². The minimum atomic E-state index is -0.949. The number of carbonyl (C=O) groups excluding carboxylic acids is 1. The maximum Gasteiger partial charge on any atom is 0.253 e. The van der Waals surface area contributed by atoms with E-state index in [4.69, 9.17) is 5.11 Å². The Morgan fingerprint density at radius 3 is 2.74 bits per heavy atom. The van der Waals surface area contributed by atoms with Gasteiger partial charge in [0.05, 0.1) is 18.3 Å². The molecule has 1 unspecified atom stereocenters. The van der Waals surface area contributed by atoms with Gasteiger partial charge in [-0.3, -0.25) is 4.79 Å². The second-order valence-electron chi connectivity index (χ2n) is 4.06. The van der Waals surface area contributed by atoms with Crippen molar-refractivity contribution >= 4 is 48.7 Å². The van der Waals surface area contributed by atoms with Gasteiger partial charge in [-0.15, -0.1) is 0 Å². The molecule has 1 heterocycles. The highest BCUT2D eigenvalue weighted by Gasteiger charge is 2.14. The molecule has 1 atom stereocenters. The zero-order chi connectivity index (χ0) is 14.0. The van der Waals surface area contributed by atoms with E-state index in [1.54, 1.807) is 6.20 Å². The van der Waals surface area contributed by atoms with E-state index in [9.17, 15) is 9.90 Å². The van der Waals surface area contributed by atoms with Gasteiger partial charge in [0.1, 0.15) is 0 Å². The summed E-state index contributed by atoms with van der Waals surface area (Å²) in [5.41, 5.74) is 1.33. The van der Waals surface area contributed by atoms with E-state index < -0.39 is 6.10 Å². The van der Waals surface area contributed by atoms with Crippen LogP contribution in [0.1, 0.15) is 10.4 Å². The molecule has 4 N–H and O–H groups in total. The number of aliphatic hydroxyl groups is 2. The molecule has 1 aromatic carbocycles. The summed E-state index contributed by atoms with van der Waals surface area (Å²) in [6.07, 6.45) is 0.666. The van der Waals surface area contributed by atoms with Gasteiger partial charge >= 0.3 is 0 Å². The van der Waals surface area contributed by atoms with Crippen molar-refractivity contribution in [3.8, 4) is 0 Å². The zero-order valence-corrected chi connectivity index (χ0v) is 13.0. The van der Waals surface area contributed by atoms with Gasteiger partial charge in [-0.25, -0.2) is 0 Å². The maximum atomic E-state index is 12.0. The lowest BCUT2D eigenvalue weighted by molar-refractivity contribution is 0.0803. The number of nitrogens with one attached hydrogen (secondary N) is 2. The van der Waals surface area contributed by atoms with Crippen molar-refractivity contribution in [2.75, 3.05) is 13.2 Å². The van der Waals surface area contributed by atoms with E-state index >= 15 is 0 Å². The lowest BCUT2D eigenvalue weighted by Crippen LogP contribution is -2.33. The van der Waals surface area contributed by atoms with Gasteiger partial charge < -0.3 is 20.5 Å². The quantitative estimate of drug-likeness (QED) is 0.640. The molecule has 0 spiro atoms. The SMILES string of the molecule is O=C(NCC(O)CO)c1c[nH]c2cc(Br)c(Br)cc12. The standard InChI is InChI=1S/C12H12Br2N2O3/c13-9-1-7-8(4-15-11(7)2-10(9)14)12(19)16-3-6(18)5-17/h1-2,4,6,15,17-18H,3,5H2,(H,16,19). The minimum Gasteiger partial charge on any atom is -0.394 e. The fraction of sp³-hybridized carbons (Fsp3) is 0.250. The third-order valence-electron chi connectivity index (χ3n) is 2.68. The molecule has 0 aliphatic heterocycles. The first-order valence-electron chi connectivity index (χ1n) is 5.56. The van der Waals surface area contributed by atoms with Gasteiger partial charge in [0, 0.05) is 32.6 Å². The molecular formula is C12H12Br2N2O3. The van der Waals surface area contributed by atoms with Crippen LogP contribution in [0, 0.1) is 0 Å². The van der Waals surface area contributed by atoms with Crippen LogP contribution in [0.25, 0.3) is 10.9 Å². The van der Waals surface area contributed by atoms with Crippen LogP contribution in [0.5, 0.6) is 0 Å². The lowest BCUT2D eigenvalue weighted by Gasteiger charge is -2.08. The molecule has 0 fully saturated rings. The highest BCUT2D eigenvalue weighted by molar-refractivity contribution is 9.13. The third-order valence-corrected chi connectivity index (χ3v) is 4.52. The number of hydrogen-bond donors (Lipinski definition) is 4. The van der Waals surface area contributed by atoms with E-state index in [2.05, 4.69) is 42.2 Å². The van der Waals surface area contributed by atoms with Crippen LogP contribution in [-0.4, -0.2) is 40.4 Å². The van der Waals surface area contributed by atoms with Gasteiger partial charge in [0.15, 0.2) is 0 Å². The largest absolute Gasteiger partial charge is 0.394 e. The molecule has 1 aromatic heterocycles. The van der Waals surface area contributed by atoms with Crippen molar-refractivity contribution in [2.24, 2.45) is 0 Å². The Hall–Kier alpha value is -0.890. The second-order valence-corrected chi connectivity index (χ2v) is 5.77. The summed E-state index contributed by atoms with van der Waals surface area (Å²) in [5, 5.41) is 21.3. The number of halogens is 2. The molecule has 19 heavy (non-hydrogen) atoms. The van der Waals surface area contributed by atoms with Gasteiger partial charge in [0.25, 0.3) is 5.91 Å². The Morgan fingerprint density at radius 1 is 1.37 bits per heavy atom. The molecule has 0 saturated heterocycles. The smallest absolute Gasteiger partial charge is 0.253 e.